The smallest absolute Gasteiger partial charge is 0.410 e. The van der Waals surface area contributed by atoms with E-state index in [1.165, 1.54) is 5.56 Å². The Labute approximate surface area is 131 Å². The first-order valence-electron chi connectivity index (χ1n) is 7.73. The number of piperazine rings is 1. The van der Waals surface area contributed by atoms with E-state index in [-0.39, 0.29) is 24.5 Å². The van der Waals surface area contributed by atoms with E-state index in [4.69, 9.17) is 4.74 Å². The Balaban J connectivity index is 1.77. The Hall–Kier alpha value is -2.04. The quantitative estimate of drug-likeness (QED) is 0.862. The highest BCUT2D eigenvalue weighted by molar-refractivity contribution is 5.78. The maximum absolute atomic E-state index is 12.0. The van der Waals surface area contributed by atoms with Crippen molar-refractivity contribution in [3.63, 3.8) is 0 Å². The molecule has 1 heterocycles. The van der Waals surface area contributed by atoms with Crippen molar-refractivity contribution >= 4 is 12.0 Å². The predicted octanol–water partition coefficient (Wildman–Crippen LogP) is 2.43. The molecule has 0 aliphatic carbocycles. The molecule has 1 fully saturated rings. The van der Waals surface area contributed by atoms with Crippen LogP contribution in [0.5, 0.6) is 0 Å². The second-order valence-electron chi connectivity index (χ2n) is 6.01. The fourth-order valence-electron chi connectivity index (χ4n) is 2.40. The summed E-state index contributed by atoms with van der Waals surface area (Å²) in [6, 6.07) is 7.92. The van der Waals surface area contributed by atoms with E-state index in [0.717, 1.165) is 5.56 Å². The standard InChI is InChI=1S/C17H24N2O3/c1-13(2)16(20)18-8-10-19(11-9-18)17(21)22-12-15-6-4-14(3)5-7-15/h4-7,13H,8-12H2,1-3H3. The van der Waals surface area contributed by atoms with Crippen molar-refractivity contribution in [2.24, 2.45) is 5.92 Å². The molecule has 0 atom stereocenters. The molecule has 1 saturated heterocycles. The molecule has 0 bridgehead atoms. The lowest BCUT2D eigenvalue weighted by molar-refractivity contribution is -0.136. The van der Waals surface area contributed by atoms with Gasteiger partial charge in [-0.05, 0) is 12.5 Å². The highest BCUT2D eigenvalue weighted by atomic mass is 16.6. The number of hydrogen-bond acceptors (Lipinski definition) is 3. The summed E-state index contributed by atoms with van der Waals surface area (Å²) in [7, 11) is 0. The lowest BCUT2D eigenvalue weighted by atomic mass is 10.1. The Morgan fingerprint density at radius 3 is 2.14 bits per heavy atom. The average molecular weight is 304 g/mol. The third-order valence-electron chi connectivity index (χ3n) is 3.83. The number of amides is 2. The zero-order valence-electron chi connectivity index (χ0n) is 13.5. The third kappa shape index (κ3) is 4.23. The molecule has 0 spiro atoms. The minimum Gasteiger partial charge on any atom is -0.445 e. The number of rotatable bonds is 3. The lowest BCUT2D eigenvalue weighted by Crippen LogP contribution is -2.51. The zero-order valence-corrected chi connectivity index (χ0v) is 13.5. The van der Waals surface area contributed by atoms with Gasteiger partial charge in [-0.1, -0.05) is 43.7 Å². The Morgan fingerprint density at radius 2 is 1.59 bits per heavy atom. The fourth-order valence-corrected chi connectivity index (χ4v) is 2.40. The number of benzene rings is 1. The maximum atomic E-state index is 12.0. The molecule has 5 heteroatoms. The van der Waals surface area contributed by atoms with E-state index in [9.17, 15) is 9.59 Å². The van der Waals surface area contributed by atoms with Crippen LogP contribution in [-0.4, -0.2) is 48.0 Å². The summed E-state index contributed by atoms with van der Waals surface area (Å²) in [5.74, 6) is 0.146. The first-order valence-corrected chi connectivity index (χ1v) is 7.73. The monoisotopic (exact) mass is 304 g/mol. The van der Waals surface area contributed by atoms with Gasteiger partial charge in [-0.2, -0.15) is 0 Å². The van der Waals surface area contributed by atoms with Gasteiger partial charge >= 0.3 is 6.09 Å². The summed E-state index contributed by atoms with van der Waals surface area (Å²) in [6.45, 7) is 8.32. The van der Waals surface area contributed by atoms with E-state index >= 15 is 0 Å². The largest absolute Gasteiger partial charge is 0.445 e. The van der Waals surface area contributed by atoms with Gasteiger partial charge in [0.2, 0.25) is 5.91 Å². The maximum Gasteiger partial charge on any atom is 0.410 e. The highest BCUT2D eigenvalue weighted by Crippen LogP contribution is 2.10. The molecule has 22 heavy (non-hydrogen) atoms. The Bertz CT molecular complexity index is 517. The van der Waals surface area contributed by atoms with Gasteiger partial charge in [-0.25, -0.2) is 4.79 Å². The topological polar surface area (TPSA) is 49.9 Å². The van der Waals surface area contributed by atoms with E-state index in [0.29, 0.717) is 26.2 Å². The summed E-state index contributed by atoms with van der Waals surface area (Å²) < 4.78 is 5.33. The molecule has 120 valence electrons. The molecule has 0 N–H and O–H groups in total. The van der Waals surface area contributed by atoms with Gasteiger partial charge in [-0.3, -0.25) is 4.79 Å². The summed E-state index contributed by atoms with van der Waals surface area (Å²) in [5, 5.41) is 0. The second-order valence-corrected chi connectivity index (χ2v) is 6.01. The first kappa shape index (κ1) is 16.3. The predicted molar refractivity (Wildman–Crippen MR) is 84.4 cm³/mol. The SMILES string of the molecule is Cc1ccc(COC(=O)N2CCN(C(=O)C(C)C)CC2)cc1. The van der Waals surface area contributed by atoms with Gasteiger partial charge in [-0.15, -0.1) is 0 Å². The molecular weight excluding hydrogens is 280 g/mol. The fraction of sp³-hybridized carbons (Fsp3) is 0.529. The van der Waals surface area contributed by atoms with Crippen LogP contribution in [0.2, 0.25) is 0 Å². The summed E-state index contributed by atoms with van der Waals surface area (Å²) in [6.07, 6.45) is -0.308. The van der Waals surface area contributed by atoms with E-state index in [1.54, 1.807) is 4.90 Å². The van der Waals surface area contributed by atoms with Gasteiger partial charge < -0.3 is 14.5 Å². The molecule has 1 aliphatic rings. The summed E-state index contributed by atoms with van der Waals surface area (Å²) >= 11 is 0. The number of carbonyl (C=O) groups excluding carboxylic acids is 2. The molecule has 1 aliphatic heterocycles. The van der Waals surface area contributed by atoms with Crippen molar-refractivity contribution in [1.29, 1.82) is 0 Å². The van der Waals surface area contributed by atoms with Crippen molar-refractivity contribution in [2.45, 2.75) is 27.4 Å². The van der Waals surface area contributed by atoms with Gasteiger partial charge in [0.1, 0.15) is 6.61 Å². The van der Waals surface area contributed by atoms with Crippen LogP contribution >= 0.6 is 0 Å². The molecule has 1 aromatic carbocycles. The number of nitrogens with zero attached hydrogens (tertiary/aromatic N) is 2. The van der Waals surface area contributed by atoms with Crippen molar-refractivity contribution < 1.29 is 14.3 Å². The molecule has 5 nitrogen and oxygen atoms in total. The Kier molecular flexibility index (Phi) is 5.41. The molecular formula is C17H24N2O3. The van der Waals surface area contributed by atoms with E-state index in [2.05, 4.69) is 0 Å². The van der Waals surface area contributed by atoms with Crippen LogP contribution in [-0.2, 0) is 16.1 Å². The van der Waals surface area contributed by atoms with Crippen LogP contribution < -0.4 is 0 Å². The van der Waals surface area contributed by atoms with Gasteiger partial charge in [0, 0.05) is 32.1 Å². The highest BCUT2D eigenvalue weighted by Gasteiger charge is 2.25. The van der Waals surface area contributed by atoms with E-state index < -0.39 is 0 Å². The number of ether oxygens (including phenoxy) is 1. The molecule has 0 unspecified atom stereocenters. The van der Waals surface area contributed by atoms with Gasteiger partial charge in [0.05, 0.1) is 0 Å². The molecule has 2 amide bonds. The molecule has 0 saturated carbocycles. The Morgan fingerprint density at radius 1 is 1.05 bits per heavy atom. The summed E-state index contributed by atoms with van der Waals surface area (Å²) in [5.41, 5.74) is 2.16. The number of hydrogen-bond donors (Lipinski definition) is 0. The third-order valence-corrected chi connectivity index (χ3v) is 3.83. The van der Waals surface area contributed by atoms with Gasteiger partial charge in [0.15, 0.2) is 0 Å². The molecule has 0 aromatic heterocycles. The van der Waals surface area contributed by atoms with Crippen molar-refractivity contribution in [1.82, 2.24) is 9.80 Å². The molecule has 0 radical (unpaired) electrons. The van der Waals surface area contributed by atoms with Crippen LogP contribution in [0, 0.1) is 12.8 Å². The lowest BCUT2D eigenvalue weighted by Gasteiger charge is -2.35. The number of carbonyl (C=O) groups is 2. The van der Waals surface area contributed by atoms with Crippen molar-refractivity contribution in [2.75, 3.05) is 26.2 Å². The molecule has 2 rings (SSSR count). The van der Waals surface area contributed by atoms with Crippen molar-refractivity contribution in [3.05, 3.63) is 35.4 Å². The normalized spacial score (nSPS) is 15.1. The average Bonchev–Trinajstić information content (AvgIpc) is 2.53. The summed E-state index contributed by atoms with van der Waals surface area (Å²) in [4.78, 5) is 27.4. The van der Waals surface area contributed by atoms with Crippen LogP contribution in [0.1, 0.15) is 25.0 Å². The van der Waals surface area contributed by atoms with Gasteiger partial charge in [0.25, 0.3) is 0 Å². The number of aryl methyl sites for hydroxylation is 1. The first-order chi connectivity index (χ1) is 10.5. The minimum atomic E-state index is -0.308. The van der Waals surface area contributed by atoms with Crippen LogP contribution in [0.15, 0.2) is 24.3 Å². The second kappa shape index (κ2) is 7.29. The van der Waals surface area contributed by atoms with Crippen LogP contribution in [0.4, 0.5) is 4.79 Å². The van der Waals surface area contributed by atoms with Crippen molar-refractivity contribution in [3.8, 4) is 0 Å². The molecule has 1 aromatic rings. The zero-order chi connectivity index (χ0) is 16.1. The van der Waals surface area contributed by atoms with E-state index in [1.807, 2.05) is 49.9 Å². The van der Waals surface area contributed by atoms with Crippen LogP contribution in [0.3, 0.4) is 0 Å². The minimum absolute atomic E-state index is 0.0000360. The van der Waals surface area contributed by atoms with Crippen LogP contribution in [0.25, 0.3) is 0 Å².